The molecule has 0 spiro atoms. The Kier molecular flexibility index (Phi) is 5.55. The van der Waals surface area contributed by atoms with Crippen LogP contribution in [0.2, 0.25) is 0 Å². The summed E-state index contributed by atoms with van der Waals surface area (Å²) in [7, 11) is 0. The largest absolute Gasteiger partial charge is 0.492 e. The van der Waals surface area contributed by atoms with Crippen molar-refractivity contribution in [3.05, 3.63) is 26.6 Å². The van der Waals surface area contributed by atoms with Crippen molar-refractivity contribution in [3.8, 4) is 5.75 Å². The van der Waals surface area contributed by atoms with Crippen LogP contribution < -0.4 is 10.1 Å². The first-order valence-electron chi connectivity index (χ1n) is 7.34. The molecular weight excluding hydrogens is 382 g/mol. The fraction of sp³-hybridized carbons (Fsp3) is 0.625. The van der Waals surface area contributed by atoms with Crippen molar-refractivity contribution < 1.29 is 4.74 Å². The van der Waals surface area contributed by atoms with E-state index in [4.69, 9.17) is 4.74 Å². The highest BCUT2D eigenvalue weighted by Gasteiger charge is 2.37. The van der Waals surface area contributed by atoms with Crippen LogP contribution in [0.5, 0.6) is 5.75 Å². The molecule has 2 nitrogen and oxygen atoms in total. The Morgan fingerprint density at radius 1 is 1.35 bits per heavy atom. The number of hydrogen-bond donors (Lipinski definition) is 1. The van der Waals surface area contributed by atoms with Gasteiger partial charge in [-0.3, -0.25) is 0 Å². The third-order valence-electron chi connectivity index (χ3n) is 4.26. The van der Waals surface area contributed by atoms with Gasteiger partial charge in [0.15, 0.2) is 0 Å². The summed E-state index contributed by atoms with van der Waals surface area (Å²) in [5.74, 6) is 1.60. The first kappa shape index (κ1) is 16.3. The van der Waals surface area contributed by atoms with E-state index in [1.54, 1.807) is 0 Å². The van der Waals surface area contributed by atoms with E-state index < -0.39 is 0 Å². The third kappa shape index (κ3) is 3.40. The summed E-state index contributed by atoms with van der Waals surface area (Å²) < 4.78 is 7.99. The summed E-state index contributed by atoms with van der Waals surface area (Å²) in [6.45, 7) is 8.47. The Morgan fingerprint density at radius 3 is 2.65 bits per heavy atom. The summed E-state index contributed by atoms with van der Waals surface area (Å²) in [6, 6.07) is 4.25. The second kappa shape index (κ2) is 6.80. The Labute approximate surface area is 138 Å². The topological polar surface area (TPSA) is 21.3 Å². The highest BCUT2D eigenvalue weighted by Crippen LogP contribution is 2.38. The Bertz CT molecular complexity index is 468. The van der Waals surface area contributed by atoms with Gasteiger partial charge in [-0.25, -0.2) is 0 Å². The van der Waals surface area contributed by atoms with E-state index in [1.807, 2.05) is 6.92 Å². The average Bonchev–Trinajstić information content (AvgIpc) is 2.83. The van der Waals surface area contributed by atoms with Crippen molar-refractivity contribution in [2.45, 2.75) is 45.6 Å². The van der Waals surface area contributed by atoms with Crippen LogP contribution in [0.1, 0.15) is 39.2 Å². The lowest BCUT2D eigenvalue weighted by atomic mass is 9.79. The van der Waals surface area contributed by atoms with E-state index in [9.17, 15) is 0 Å². The van der Waals surface area contributed by atoms with Crippen LogP contribution in [0.15, 0.2) is 21.1 Å². The number of rotatable bonds is 5. The van der Waals surface area contributed by atoms with Crippen LogP contribution in [0.3, 0.4) is 0 Å². The fourth-order valence-corrected chi connectivity index (χ4v) is 4.50. The van der Waals surface area contributed by atoms with Crippen LogP contribution in [-0.4, -0.2) is 18.7 Å². The van der Waals surface area contributed by atoms with Gasteiger partial charge in [-0.05, 0) is 72.3 Å². The summed E-state index contributed by atoms with van der Waals surface area (Å²) >= 11 is 7.22. The van der Waals surface area contributed by atoms with Crippen LogP contribution >= 0.6 is 31.9 Å². The maximum absolute atomic E-state index is 5.86. The van der Waals surface area contributed by atoms with E-state index in [1.165, 1.54) is 18.4 Å². The van der Waals surface area contributed by atoms with Gasteiger partial charge in [0.2, 0.25) is 0 Å². The minimum atomic E-state index is 0.200. The standard InChI is InChI=1S/C16H23Br2NO/c1-4-20-15-12(8-13(17)9-14(15)18)10-16(11(2)3)6-5-7-19-16/h8-9,11,19H,4-7,10H2,1-3H3. The lowest BCUT2D eigenvalue weighted by molar-refractivity contribution is 0.262. The van der Waals surface area contributed by atoms with Gasteiger partial charge >= 0.3 is 0 Å². The SMILES string of the molecule is CCOc1c(Br)cc(Br)cc1CC1(C(C)C)CCCN1. The molecule has 0 aliphatic carbocycles. The highest BCUT2D eigenvalue weighted by atomic mass is 79.9. The quantitative estimate of drug-likeness (QED) is 0.750. The second-order valence-electron chi connectivity index (χ2n) is 5.83. The van der Waals surface area contributed by atoms with Gasteiger partial charge in [-0.2, -0.15) is 0 Å². The molecule has 4 heteroatoms. The number of nitrogens with one attached hydrogen (secondary N) is 1. The van der Waals surface area contributed by atoms with E-state index in [2.05, 4.69) is 63.2 Å². The zero-order valence-corrected chi connectivity index (χ0v) is 15.6. The molecular formula is C16H23Br2NO. The van der Waals surface area contributed by atoms with Crippen molar-refractivity contribution in [3.63, 3.8) is 0 Å². The molecule has 0 aromatic heterocycles. The molecule has 1 heterocycles. The molecule has 1 N–H and O–H groups in total. The molecule has 0 saturated carbocycles. The molecule has 2 rings (SSSR count). The first-order chi connectivity index (χ1) is 9.48. The molecule has 0 bridgehead atoms. The first-order valence-corrected chi connectivity index (χ1v) is 8.93. The fourth-order valence-electron chi connectivity index (χ4n) is 3.07. The molecule has 1 aliphatic heterocycles. The number of benzene rings is 1. The van der Waals surface area contributed by atoms with E-state index in [-0.39, 0.29) is 5.54 Å². The Hall–Kier alpha value is -0.0600. The smallest absolute Gasteiger partial charge is 0.136 e. The maximum Gasteiger partial charge on any atom is 0.136 e. The van der Waals surface area contributed by atoms with Crippen LogP contribution in [-0.2, 0) is 6.42 Å². The zero-order valence-electron chi connectivity index (χ0n) is 12.4. The van der Waals surface area contributed by atoms with Gasteiger partial charge in [0.25, 0.3) is 0 Å². The number of halogens is 2. The van der Waals surface area contributed by atoms with Gasteiger partial charge in [0.05, 0.1) is 11.1 Å². The van der Waals surface area contributed by atoms with Crippen molar-refractivity contribution >= 4 is 31.9 Å². The molecule has 0 amide bonds. The van der Waals surface area contributed by atoms with Crippen molar-refractivity contribution in [1.29, 1.82) is 0 Å². The van der Waals surface area contributed by atoms with E-state index >= 15 is 0 Å². The molecule has 112 valence electrons. The van der Waals surface area contributed by atoms with E-state index in [0.29, 0.717) is 12.5 Å². The summed E-state index contributed by atoms with van der Waals surface area (Å²) in [5.41, 5.74) is 1.47. The summed E-state index contributed by atoms with van der Waals surface area (Å²) in [5, 5.41) is 3.74. The molecule has 1 unspecified atom stereocenters. The number of hydrogen-bond acceptors (Lipinski definition) is 2. The van der Waals surface area contributed by atoms with Gasteiger partial charge in [0.1, 0.15) is 5.75 Å². The lowest BCUT2D eigenvalue weighted by Gasteiger charge is -2.35. The van der Waals surface area contributed by atoms with E-state index in [0.717, 1.165) is 27.7 Å². The van der Waals surface area contributed by atoms with Gasteiger partial charge in [-0.15, -0.1) is 0 Å². The average molecular weight is 405 g/mol. The summed E-state index contributed by atoms with van der Waals surface area (Å²) in [4.78, 5) is 0. The van der Waals surface area contributed by atoms with Crippen molar-refractivity contribution in [2.75, 3.05) is 13.2 Å². The molecule has 1 atom stereocenters. The Balaban J connectivity index is 2.36. The van der Waals surface area contributed by atoms with Crippen molar-refractivity contribution in [2.24, 2.45) is 5.92 Å². The van der Waals surface area contributed by atoms with Crippen LogP contribution in [0.25, 0.3) is 0 Å². The van der Waals surface area contributed by atoms with Crippen molar-refractivity contribution in [1.82, 2.24) is 5.32 Å². The minimum Gasteiger partial charge on any atom is -0.492 e. The van der Waals surface area contributed by atoms with Gasteiger partial charge in [-0.1, -0.05) is 29.8 Å². The monoisotopic (exact) mass is 403 g/mol. The van der Waals surface area contributed by atoms with Crippen LogP contribution in [0, 0.1) is 5.92 Å². The minimum absolute atomic E-state index is 0.200. The maximum atomic E-state index is 5.86. The predicted molar refractivity (Wildman–Crippen MR) is 91.5 cm³/mol. The molecule has 1 aromatic rings. The normalized spacial score (nSPS) is 22.5. The Morgan fingerprint density at radius 2 is 2.10 bits per heavy atom. The molecule has 0 radical (unpaired) electrons. The molecule has 1 fully saturated rings. The molecule has 1 aliphatic rings. The molecule has 1 aromatic carbocycles. The van der Waals surface area contributed by atoms with Gasteiger partial charge in [0, 0.05) is 10.0 Å². The zero-order chi connectivity index (χ0) is 14.8. The lowest BCUT2D eigenvalue weighted by Crippen LogP contribution is -2.46. The number of ether oxygens (including phenoxy) is 1. The van der Waals surface area contributed by atoms with Crippen LogP contribution in [0.4, 0.5) is 0 Å². The predicted octanol–water partition coefficient (Wildman–Crippen LogP) is 4.93. The second-order valence-corrected chi connectivity index (χ2v) is 7.60. The van der Waals surface area contributed by atoms with Gasteiger partial charge < -0.3 is 10.1 Å². The summed E-state index contributed by atoms with van der Waals surface area (Å²) in [6.07, 6.45) is 3.51. The highest BCUT2D eigenvalue weighted by molar-refractivity contribution is 9.11. The third-order valence-corrected chi connectivity index (χ3v) is 5.31. The molecule has 1 saturated heterocycles. The molecule has 20 heavy (non-hydrogen) atoms.